The summed E-state index contributed by atoms with van der Waals surface area (Å²) in [4.78, 5) is 29.5. The third-order valence-corrected chi connectivity index (χ3v) is 5.10. The Hall–Kier alpha value is -3.13. The molecule has 0 aliphatic rings. The number of para-hydroxylation sites is 1. The van der Waals surface area contributed by atoms with Crippen molar-refractivity contribution in [1.29, 1.82) is 0 Å². The molecule has 1 aromatic heterocycles. The molecule has 3 aromatic rings. The van der Waals surface area contributed by atoms with Crippen LogP contribution in [0.1, 0.15) is 20.8 Å². The Labute approximate surface area is 173 Å². The van der Waals surface area contributed by atoms with Crippen LogP contribution in [0.15, 0.2) is 48.5 Å². The topological polar surface area (TPSA) is 92.3 Å². The number of ether oxygens (including phenoxy) is 1. The summed E-state index contributed by atoms with van der Waals surface area (Å²) in [5.74, 6) is 0.351. The van der Waals surface area contributed by atoms with Crippen LogP contribution in [-0.4, -0.2) is 29.6 Å². The number of amides is 3. The highest BCUT2D eigenvalue weighted by Gasteiger charge is 2.25. The number of fused-ring (bicyclic) bond motifs is 1. The number of carbonyl (C=O) groups is 2. The minimum absolute atomic E-state index is 0.101. The predicted octanol–water partition coefficient (Wildman–Crippen LogP) is 4.48. The Balaban J connectivity index is 1.67. The van der Waals surface area contributed by atoms with Gasteiger partial charge in [0.2, 0.25) is 5.91 Å². The van der Waals surface area contributed by atoms with E-state index >= 15 is 0 Å². The third kappa shape index (κ3) is 5.45. The van der Waals surface area contributed by atoms with Crippen molar-refractivity contribution < 1.29 is 14.3 Å². The second-order valence-corrected chi connectivity index (χ2v) is 7.79. The predicted molar refractivity (Wildman–Crippen MR) is 117 cm³/mol. The molecule has 0 saturated heterocycles. The van der Waals surface area contributed by atoms with E-state index in [1.165, 1.54) is 11.3 Å². The van der Waals surface area contributed by atoms with Gasteiger partial charge in [0.25, 0.3) is 0 Å². The van der Waals surface area contributed by atoms with Gasteiger partial charge in [-0.2, -0.15) is 0 Å². The Bertz CT molecular complexity index is 988. The fourth-order valence-electron chi connectivity index (χ4n) is 2.76. The van der Waals surface area contributed by atoms with Crippen LogP contribution in [0.3, 0.4) is 0 Å². The van der Waals surface area contributed by atoms with Crippen LogP contribution < -0.4 is 20.7 Å². The zero-order valence-electron chi connectivity index (χ0n) is 16.6. The maximum atomic E-state index is 12.8. The van der Waals surface area contributed by atoms with E-state index in [-0.39, 0.29) is 11.8 Å². The standard InChI is InChI=1S/C21H24N4O3S/c1-4-28-15-10-11-16-17(12-15)29-21(23-16)25-19(26)18(13(2)3)24-20(27)22-14-8-6-5-7-9-14/h5-13,18H,4H2,1-3H3,(H2,22,24,27)(H,23,25,26)/t18-/m1/s1. The largest absolute Gasteiger partial charge is 0.494 e. The van der Waals surface area contributed by atoms with Gasteiger partial charge < -0.3 is 20.7 Å². The number of aromatic nitrogens is 1. The van der Waals surface area contributed by atoms with Gasteiger partial charge in [0.1, 0.15) is 11.8 Å². The minimum atomic E-state index is -0.704. The first-order valence-electron chi connectivity index (χ1n) is 9.43. The van der Waals surface area contributed by atoms with Gasteiger partial charge in [0.15, 0.2) is 5.13 Å². The quantitative estimate of drug-likeness (QED) is 0.533. The Morgan fingerprint density at radius 3 is 2.55 bits per heavy atom. The molecular formula is C21H24N4O3S. The summed E-state index contributed by atoms with van der Waals surface area (Å²) in [5.41, 5.74) is 1.44. The van der Waals surface area contributed by atoms with E-state index < -0.39 is 12.1 Å². The lowest BCUT2D eigenvalue weighted by Crippen LogP contribution is -2.48. The van der Waals surface area contributed by atoms with E-state index in [0.717, 1.165) is 16.0 Å². The molecule has 7 nitrogen and oxygen atoms in total. The molecule has 29 heavy (non-hydrogen) atoms. The second-order valence-electron chi connectivity index (χ2n) is 6.76. The van der Waals surface area contributed by atoms with Gasteiger partial charge in [-0.15, -0.1) is 0 Å². The monoisotopic (exact) mass is 412 g/mol. The van der Waals surface area contributed by atoms with Crippen molar-refractivity contribution in [3.63, 3.8) is 0 Å². The normalized spacial score (nSPS) is 11.9. The highest BCUT2D eigenvalue weighted by Crippen LogP contribution is 2.29. The third-order valence-electron chi connectivity index (χ3n) is 4.17. The molecule has 8 heteroatoms. The highest BCUT2D eigenvalue weighted by molar-refractivity contribution is 7.22. The summed E-state index contributed by atoms with van der Waals surface area (Å²) >= 11 is 1.36. The summed E-state index contributed by atoms with van der Waals surface area (Å²) in [5, 5.41) is 8.77. The molecule has 0 radical (unpaired) electrons. The van der Waals surface area contributed by atoms with Crippen LogP contribution in [0.4, 0.5) is 15.6 Å². The second kappa shape index (κ2) is 9.38. The zero-order chi connectivity index (χ0) is 20.8. The van der Waals surface area contributed by atoms with Crippen molar-refractivity contribution in [3.8, 4) is 5.75 Å². The molecule has 3 amide bonds. The van der Waals surface area contributed by atoms with Crippen LogP contribution in [0.2, 0.25) is 0 Å². The first-order valence-corrected chi connectivity index (χ1v) is 10.2. The van der Waals surface area contributed by atoms with Crippen molar-refractivity contribution in [1.82, 2.24) is 10.3 Å². The van der Waals surface area contributed by atoms with Gasteiger partial charge >= 0.3 is 6.03 Å². The minimum Gasteiger partial charge on any atom is -0.494 e. The smallest absolute Gasteiger partial charge is 0.319 e. The number of carbonyl (C=O) groups excluding carboxylic acids is 2. The lowest BCUT2D eigenvalue weighted by molar-refractivity contribution is -0.118. The number of rotatable bonds is 7. The van der Waals surface area contributed by atoms with E-state index in [2.05, 4.69) is 20.9 Å². The molecular weight excluding hydrogens is 388 g/mol. The zero-order valence-corrected chi connectivity index (χ0v) is 17.4. The van der Waals surface area contributed by atoms with Crippen LogP contribution in [0.5, 0.6) is 5.75 Å². The number of nitrogens with zero attached hydrogens (tertiary/aromatic N) is 1. The van der Waals surface area contributed by atoms with Crippen LogP contribution in [0.25, 0.3) is 10.2 Å². The molecule has 0 fully saturated rings. The van der Waals surface area contributed by atoms with E-state index in [9.17, 15) is 9.59 Å². The molecule has 0 unspecified atom stereocenters. The van der Waals surface area contributed by atoms with Crippen molar-refractivity contribution in [2.75, 3.05) is 17.2 Å². The molecule has 0 spiro atoms. The van der Waals surface area contributed by atoms with E-state index in [1.54, 1.807) is 12.1 Å². The molecule has 3 rings (SSSR count). The SMILES string of the molecule is CCOc1ccc2nc(NC(=O)[C@H](NC(=O)Nc3ccccc3)C(C)C)sc2c1. The summed E-state index contributed by atoms with van der Waals surface area (Å²) < 4.78 is 6.42. The number of hydrogen-bond acceptors (Lipinski definition) is 5. The number of thiazole rings is 1. The molecule has 3 N–H and O–H groups in total. The number of hydrogen-bond donors (Lipinski definition) is 3. The highest BCUT2D eigenvalue weighted by atomic mass is 32.1. The lowest BCUT2D eigenvalue weighted by Gasteiger charge is -2.21. The molecule has 1 heterocycles. The van der Waals surface area contributed by atoms with E-state index in [4.69, 9.17) is 4.74 Å². The van der Waals surface area contributed by atoms with Crippen LogP contribution in [-0.2, 0) is 4.79 Å². The molecule has 0 aliphatic heterocycles. The van der Waals surface area contributed by atoms with Gasteiger partial charge in [0.05, 0.1) is 16.8 Å². The average Bonchev–Trinajstić information content (AvgIpc) is 3.08. The van der Waals surface area contributed by atoms with Crippen LogP contribution in [0, 0.1) is 5.92 Å². The maximum absolute atomic E-state index is 12.8. The Morgan fingerprint density at radius 1 is 1.10 bits per heavy atom. The van der Waals surface area contributed by atoms with E-state index in [1.807, 2.05) is 57.2 Å². The fraction of sp³-hybridized carbons (Fsp3) is 0.286. The summed E-state index contributed by atoms with van der Waals surface area (Å²) in [7, 11) is 0. The molecule has 2 aromatic carbocycles. The van der Waals surface area contributed by atoms with Crippen molar-refractivity contribution in [2.45, 2.75) is 26.8 Å². The molecule has 0 bridgehead atoms. The first kappa shape index (κ1) is 20.6. The van der Waals surface area contributed by atoms with Crippen molar-refractivity contribution >= 4 is 44.3 Å². The fourth-order valence-corrected chi connectivity index (χ4v) is 3.66. The van der Waals surface area contributed by atoms with Gasteiger partial charge in [-0.05, 0) is 43.2 Å². The molecule has 1 atom stereocenters. The Kier molecular flexibility index (Phi) is 6.66. The van der Waals surface area contributed by atoms with Gasteiger partial charge in [-0.3, -0.25) is 4.79 Å². The summed E-state index contributed by atoms with van der Waals surface area (Å²) in [6.45, 7) is 6.26. The summed E-state index contributed by atoms with van der Waals surface area (Å²) in [6.07, 6.45) is 0. The van der Waals surface area contributed by atoms with Gasteiger partial charge in [-0.25, -0.2) is 9.78 Å². The number of anilines is 2. The number of benzene rings is 2. The molecule has 152 valence electrons. The number of nitrogens with one attached hydrogen (secondary N) is 3. The average molecular weight is 413 g/mol. The Morgan fingerprint density at radius 2 is 1.86 bits per heavy atom. The van der Waals surface area contributed by atoms with Crippen molar-refractivity contribution in [2.24, 2.45) is 5.92 Å². The lowest BCUT2D eigenvalue weighted by atomic mass is 10.0. The van der Waals surface area contributed by atoms with Crippen LogP contribution >= 0.6 is 11.3 Å². The first-order chi connectivity index (χ1) is 14.0. The van der Waals surface area contributed by atoms with Gasteiger partial charge in [-0.1, -0.05) is 43.4 Å². The molecule has 0 aliphatic carbocycles. The number of urea groups is 1. The summed E-state index contributed by atoms with van der Waals surface area (Å²) in [6, 6.07) is 13.5. The van der Waals surface area contributed by atoms with Crippen molar-refractivity contribution in [3.05, 3.63) is 48.5 Å². The molecule has 0 saturated carbocycles. The van der Waals surface area contributed by atoms with Gasteiger partial charge in [0, 0.05) is 5.69 Å². The maximum Gasteiger partial charge on any atom is 0.319 e. The van der Waals surface area contributed by atoms with E-state index in [0.29, 0.717) is 17.4 Å².